The number of aliphatic carboxylic acids is 1. The maximum absolute atomic E-state index is 12.3. The third kappa shape index (κ3) is 2.03. The van der Waals surface area contributed by atoms with Crippen LogP contribution in [0.2, 0.25) is 0 Å². The summed E-state index contributed by atoms with van der Waals surface area (Å²) >= 11 is 5.09. The van der Waals surface area contributed by atoms with Gasteiger partial charge in [-0.25, -0.2) is 0 Å². The number of carboxylic acid groups (broad SMARTS) is 1. The van der Waals surface area contributed by atoms with Crippen molar-refractivity contribution in [3.05, 3.63) is 27.3 Å². The minimum Gasteiger partial charge on any atom is -0.481 e. The standard InChI is InChI=1S/C12H10N2O5S/c15-10(16)1-2-14-11(17)6-3-8-9(19-5-18-8)4-7(6)13-12(14)20/h3-4H,1-2,5H2,(H,13,20)(H,15,16). The van der Waals surface area contributed by atoms with Crippen molar-refractivity contribution < 1.29 is 19.4 Å². The highest BCUT2D eigenvalue weighted by Gasteiger charge is 2.17. The zero-order valence-corrected chi connectivity index (χ0v) is 11.0. The highest BCUT2D eigenvalue weighted by molar-refractivity contribution is 7.71. The Kier molecular flexibility index (Phi) is 2.94. The highest BCUT2D eigenvalue weighted by atomic mass is 32.1. The second-order valence-corrected chi connectivity index (χ2v) is 4.67. The average Bonchev–Trinajstić information content (AvgIpc) is 2.83. The molecule has 1 aliphatic rings. The van der Waals surface area contributed by atoms with Gasteiger partial charge in [-0.15, -0.1) is 0 Å². The first-order valence-corrected chi connectivity index (χ1v) is 6.25. The molecule has 0 amide bonds. The van der Waals surface area contributed by atoms with Crippen LogP contribution in [0.25, 0.3) is 10.9 Å². The van der Waals surface area contributed by atoms with E-state index in [9.17, 15) is 9.59 Å². The number of hydrogen-bond donors (Lipinski definition) is 2. The number of hydrogen-bond acceptors (Lipinski definition) is 5. The SMILES string of the molecule is O=C(O)CCn1c(=S)[nH]c2cc3c(cc2c1=O)OCO3. The minimum absolute atomic E-state index is 0.0217. The number of carbonyl (C=O) groups is 1. The summed E-state index contributed by atoms with van der Waals surface area (Å²) in [5.41, 5.74) is 0.194. The lowest BCUT2D eigenvalue weighted by Crippen LogP contribution is -2.23. The number of nitrogens with one attached hydrogen (secondary N) is 1. The second-order valence-electron chi connectivity index (χ2n) is 4.28. The first kappa shape index (κ1) is 12.7. The van der Waals surface area contributed by atoms with Crippen molar-refractivity contribution in [1.29, 1.82) is 0 Å². The van der Waals surface area contributed by atoms with Gasteiger partial charge in [0.25, 0.3) is 5.56 Å². The molecular formula is C12H10N2O5S. The van der Waals surface area contributed by atoms with E-state index in [1.54, 1.807) is 12.1 Å². The molecular weight excluding hydrogens is 284 g/mol. The molecule has 0 atom stereocenters. The van der Waals surface area contributed by atoms with E-state index in [1.165, 1.54) is 4.57 Å². The Bertz CT molecular complexity index is 823. The molecule has 2 N–H and O–H groups in total. The molecule has 3 rings (SSSR count). The molecule has 0 saturated heterocycles. The van der Waals surface area contributed by atoms with Crippen LogP contribution in [0.3, 0.4) is 0 Å². The van der Waals surface area contributed by atoms with Gasteiger partial charge in [0.1, 0.15) is 0 Å². The number of aromatic nitrogens is 2. The Morgan fingerprint density at radius 1 is 1.40 bits per heavy atom. The fourth-order valence-corrected chi connectivity index (χ4v) is 2.34. The van der Waals surface area contributed by atoms with Crippen molar-refractivity contribution in [3.63, 3.8) is 0 Å². The van der Waals surface area contributed by atoms with Crippen LogP contribution in [0.1, 0.15) is 6.42 Å². The van der Waals surface area contributed by atoms with Crippen molar-refractivity contribution in [2.24, 2.45) is 0 Å². The highest BCUT2D eigenvalue weighted by Crippen LogP contribution is 2.34. The number of benzene rings is 1. The molecule has 0 spiro atoms. The molecule has 1 aromatic heterocycles. The molecule has 1 aromatic carbocycles. The summed E-state index contributed by atoms with van der Waals surface area (Å²) in [6, 6.07) is 3.22. The van der Waals surface area contributed by atoms with Crippen LogP contribution >= 0.6 is 12.2 Å². The number of fused-ring (bicyclic) bond motifs is 2. The summed E-state index contributed by atoms with van der Waals surface area (Å²) in [5.74, 6) is 0.0489. The van der Waals surface area contributed by atoms with Crippen molar-refractivity contribution >= 4 is 29.1 Å². The third-order valence-corrected chi connectivity index (χ3v) is 3.35. The van der Waals surface area contributed by atoms with Gasteiger partial charge in [0.05, 0.1) is 17.3 Å². The summed E-state index contributed by atoms with van der Waals surface area (Å²) < 4.78 is 11.9. The quantitative estimate of drug-likeness (QED) is 0.828. The fraction of sp³-hybridized carbons (Fsp3) is 0.250. The van der Waals surface area contributed by atoms with Crippen LogP contribution in [0, 0.1) is 4.77 Å². The molecule has 2 aromatic rings. The maximum atomic E-state index is 12.3. The predicted molar refractivity (Wildman–Crippen MR) is 71.8 cm³/mol. The van der Waals surface area contributed by atoms with Crippen molar-refractivity contribution in [2.75, 3.05) is 6.79 Å². The fourth-order valence-electron chi connectivity index (χ4n) is 2.05. The molecule has 104 valence electrons. The zero-order valence-electron chi connectivity index (χ0n) is 10.2. The molecule has 20 heavy (non-hydrogen) atoms. The predicted octanol–water partition coefficient (Wildman–Crippen LogP) is 1.26. The van der Waals surface area contributed by atoms with E-state index in [2.05, 4.69) is 4.98 Å². The van der Waals surface area contributed by atoms with Gasteiger partial charge < -0.3 is 19.6 Å². The van der Waals surface area contributed by atoms with E-state index in [0.717, 1.165) is 0 Å². The van der Waals surface area contributed by atoms with E-state index >= 15 is 0 Å². The van der Waals surface area contributed by atoms with Crippen LogP contribution < -0.4 is 15.0 Å². The van der Waals surface area contributed by atoms with Gasteiger partial charge in [0.2, 0.25) is 6.79 Å². The Labute approximate surface area is 117 Å². The largest absolute Gasteiger partial charge is 0.481 e. The Hall–Kier alpha value is -2.35. The minimum atomic E-state index is -0.989. The van der Waals surface area contributed by atoms with Gasteiger partial charge in [0.15, 0.2) is 16.3 Å². The van der Waals surface area contributed by atoms with Crippen LogP contribution in [0.15, 0.2) is 16.9 Å². The molecule has 0 saturated carbocycles. The van der Waals surface area contributed by atoms with E-state index in [-0.39, 0.29) is 30.1 Å². The van der Waals surface area contributed by atoms with Crippen LogP contribution in [0.4, 0.5) is 0 Å². The smallest absolute Gasteiger partial charge is 0.305 e. The monoisotopic (exact) mass is 294 g/mol. The molecule has 2 heterocycles. The number of ether oxygens (including phenoxy) is 2. The first-order chi connectivity index (χ1) is 9.56. The molecule has 0 radical (unpaired) electrons. The van der Waals surface area contributed by atoms with Crippen molar-refractivity contribution in [3.8, 4) is 11.5 Å². The lowest BCUT2D eigenvalue weighted by molar-refractivity contribution is -0.137. The molecule has 0 aliphatic carbocycles. The Morgan fingerprint density at radius 2 is 2.10 bits per heavy atom. The molecule has 0 bridgehead atoms. The van der Waals surface area contributed by atoms with Crippen LogP contribution in [-0.4, -0.2) is 27.4 Å². The molecule has 1 aliphatic heterocycles. The van der Waals surface area contributed by atoms with E-state index < -0.39 is 5.97 Å². The molecule has 7 nitrogen and oxygen atoms in total. The summed E-state index contributed by atoms with van der Waals surface area (Å²) in [5, 5.41) is 9.08. The summed E-state index contributed by atoms with van der Waals surface area (Å²) in [4.78, 5) is 25.9. The van der Waals surface area contributed by atoms with Gasteiger partial charge in [-0.1, -0.05) is 0 Å². The first-order valence-electron chi connectivity index (χ1n) is 5.84. The number of H-pyrrole nitrogens is 1. The van der Waals surface area contributed by atoms with Crippen LogP contribution in [0.5, 0.6) is 11.5 Å². The Balaban J connectivity index is 2.19. The molecule has 0 unspecified atom stereocenters. The van der Waals surface area contributed by atoms with Gasteiger partial charge in [-0.2, -0.15) is 0 Å². The van der Waals surface area contributed by atoms with E-state index in [1.807, 2.05) is 0 Å². The summed E-state index contributed by atoms with van der Waals surface area (Å²) in [6.45, 7) is 0.132. The van der Waals surface area contributed by atoms with Gasteiger partial charge in [-0.05, 0) is 18.3 Å². The van der Waals surface area contributed by atoms with Gasteiger partial charge in [-0.3, -0.25) is 14.2 Å². The lowest BCUT2D eigenvalue weighted by Gasteiger charge is -2.07. The summed E-state index contributed by atoms with van der Waals surface area (Å²) in [6.07, 6.45) is -0.173. The second kappa shape index (κ2) is 4.64. The van der Waals surface area contributed by atoms with E-state index in [4.69, 9.17) is 26.8 Å². The number of rotatable bonds is 3. The van der Waals surface area contributed by atoms with Crippen LogP contribution in [-0.2, 0) is 11.3 Å². The zero-order chi connectivity index (χ0) is 14.3. The number of carboxylic acids is 1. The Morgan fingerprint density at radius 3 is 2.80 bits per heavy atom. The lowest BCUT2D eigenvalue weighted by atomic mass is 10.2. The van der Waals surface area contributed by atoms with Gasteiger partial charge >= 0.3 is 5.97 Å². The van der Waals surface area contributed by atoms with Gasteiger partial charge in [0, 0.05) is 12.6 Å². The topological polar surface area (TPSA) is 93.6 Å². The normalized spacial score (nSPS) is 12.8. The number of aromatic amines is 1. The maximum Gasteiger partial charge on any atom is 0.305 e. The third-order valence-electron chi connectivity index (χ3n) is 3.02. The van der Waals surface area contributed by atoms with Crippen molar-refractivity contribution in [1.82, 2.24) is 9.55 Å². The average molecular weight is 294 g/mol. The molecule has 8 heteroatoms. The molecule has 0 fully saturated rings. The summed E-state index contributed by atoms with van der Waals surface area (Å²) in [7, 11) is 0. The number of nitrogens with zero attached hydrogens (tertiary/aromatic N) is 1. The van der Waals surface area contributed by atoms with E-state index in [0.29, 0.717) is 22.4 Å². The van der Waals surface area contributed by atoms with Crippen molar-refractivity contribution in [2.45, 2.75) is 13.0 Å².